The Morgan fingerprint density at radius 3 is 2.30 bits per heavy atom. The Balaban J connectivity index is 2.05. The van der Waals surface area contributed by atoms with Crippen molar-refractivity contribution >= 4 is 17.8 Å². The number of non-ortho nitro benzene ring substituents is 1. The third-order valence-corrected chi connectivity index (χ3v) is 3.23. The molecule has 0 aliphatic heterocycles. The van der Waals surface area contributed by atoms with E-state index in [0.717, 1.165) is 5.56 Å². The van der Waals surface area contributed by atoms with E-state index in [0.29, 0.717) is 11.1 Å². The second-order valence-corrected chi connectivity index (χ2v) is 5.01. The molecule has 0 bridgehead atoms. The van der Waals surface area contributed by atoms with Crippen molar-refractivity contribution < 1.29 is 14.8 Å². The number of hydrogen-bond donors (Lipinski definition) is 2. The highest BCUT2D eigenvalue weighted by atomic mass is 16.6. The third-order valence-electron chi connectivity index (χ3n) is 3.23. The number of hydrazone groups is 1. The van der Waals surface area contributed by atoms with Gasteiger partial charge in [0, 0.05) is 17.7 Å². The maximum Gasteiger partial charge on any atom is 0.271 e. The van der Waals surface area contributed by atoms with Gasteiger partial charge < -0.3 is 5.11 Å². The van der Waals surface area contributed by atoms with Crippen LogP contribution in [-0.4, -0.2) is 22.2 Å². The number of carbonyl (C=O) groups is 1. The molecule has 2 N–H and O–H groups in total. The van der Waals surface area contributed by atoms with Gasteiger partial charge in [0.25, 0.3) is 11.6 Å². The van der Waals surface area contributed by atoms with Crippen molar-refractivity contribution in [3.63, 3.8) is 0 Å². The molecule has 0 aliphatic rings. The first kappa shape index (κ1) is 16.2. The number of nitro groups is 1. The van der Waals surface area contributed by atoms with Gasteiger partial charge in [0.2, 0.25) is 0 Å². The van der Waals surface area contributed by atoms with Gasteiger partial charge in [0.1, 0.15) is 5.75 Å². The summed E-state index contributed by atoms with van der Waals surface area (Å²) in [4.78, 5) is 21.9. The molecule has 0 atom stereocenters. The molecule has 0 radical (unpaired) electrons. The number of rotatable bonds is 4. The second kappa shape index (κ2) is 6.69. The summed E-state index contributed by atoms with van der Waals surface area (Å²) in [5.74, 6) is -0.236. The minimum Gasteiger partial charge on any atom is -0.507 e. The molecular formula is C16H15N3O4. The predicted molar refractivity (Wildman–Crippen MR) is 85.7 cm³/mol. The van der Waals surface area contributed by atoms with Gasteiger partial charge in [-0.3, -0.25) is 14.9 Å². The number of aryl methyl sites for hydroxylation is 2. The molecule has 2 aromatic carbocycles. The summed E-state index contributed by atoms with van der Waals surface area (Å²) in [5, 5.41) is 24.1. The van der Waals surface area contributed by atoms with E-state index >= 15 is 0 Å². The Morgan fingerprint density at radius 2 is 1.78 bits per heavy atom. The number of carbonyl (C=O) groups excluding carboxylic acids is 1. The molecule has 7 nitrogen and oxygen atoms in total. The maximum absolute atomic E-state index is 11.9. The molecule has 0 heterocycles. The highest BCUT2D eigenvalue weighted by Gasteiger charge is 2.08. The first-order valence-electron chi connectivity index (χ1n) is 6.76. The fourth-order valence-electron chi connectivity index (χ4n) is 2.03. The quantitative estimate of drug-likeness (QED) is 0.514. The number of aromatic hydroxyl groups is 1. The van der Waals surface area contributed by atoms with Gasteiger partial charge >= 0.3 is 0 Å². The Hall–Kier alpha value is -3.22. The Bertz CT molecular complexity index is 759. The number of nitrogens with zero attached hydrogens (tertiary/aromatic N) is 2. The molecule has 23 heavy (non-hydrogen) atoms. The molecule has 2 aromatic rings. The fourth-order valence-corrected chi connectivity index (χ4v) is 2.03. The van der Waals surface area contributed by atoms with Crippen LogP contribution in [-0.2, 0) is 0 Å². The van der Waals surface area contributed by atoms with Crippen LogP contribution in [0.2, 0.25) is 0 Å². The molecular weight excluding hydrogens is 298 g/mol. The molecule has 0 aliphatic carbocycles. The average molecular weight is 313 g/mol. The molecule has 0 saturated heterocycles. The van der Waals surface area contributed by atoms with E-state index in [1.807, 2.05) is 0 Å². The van der Waals surface area contributed by atoms with Gasteiger partial charge in [-0.2, -0.15) is 5.10 Å². The predicted octanol–water partition coefficient (Wildman–Crippen LogP) is 2.68. The fraction of sp³-hybridized carbons (Fsp3) is 0.125. The van der Waals surface area contributed by atoms with Crippen LogP contribution < -0.4 is 5.43 Å². The van der Waals surface area contributed by atoms with Crippen molar-refractivity contribution in [2.24, 2.45) is 5.10 Å². The minimum absolute atomic E-state index is 0.0832. The van der Waals surface area contributed by atoms with Crippen molar-refractivity contribution in [2.75, 3.05) is 0 Å². The van der Waals surface area contributed by atoms with Crippen LogP contribution in [0.15, 0.2) is 41.5 Å². The van der Waals surface area contributed by atoms with Crippen molar-refractivity contribution in [3.8, 4) is 5.75 Å². The monoisotopic (exact) mass is 313 g/mol. The number of amides is 1. The summed E-state index contributed by atoms with van der Waals surface area (Å²) in [6, 6.07) is 8.71. The molecule has 2 rings (SSSR count). The van der Waals surface area contributed by atoms with Gasteiger partial charge in [0.05, 0.1) is 11.1 Å². The molecule has 0 spiro atoms. The second-order valence-electron chi connectivity index (χ2n) is 5.01. The zero-order chi connectivity index (χ0) is 17.0. The molecule has 0 fully saturated rings. The first-order valence-corrected chi connectivity index (χ1v) is 6.76. The van der Waals surface area contributed by atoms with Crippen molar-refractivity contribution in [3.05, 3.63) is 68.8 Å². The van der Waals surface area contributed by atoms with Crippen LogP contribution in [0.3, 0.4) is 0 Å². The Labute approximate surface area is 132 Å². The molecule has 118 valence electrons. The normalized spacial score (nSPS) is 10.7. The van der Waals surface area contributed by atoms with Crippen molar-refractivity contribution in [2.45, 2.75) is 13.8 Å². The van der Waals surface area contributed by atoms with E-state index in [2.05, 4.69) is 10.5 Å². The molecule has 0 saturated carbocycles. The number of nitro benzene ring substituents is 1. The average Bonchev–Trinajstić information content (AvgIpc) is 2.52. The van der Waals surface area contributed by atoms with Gasteiger partial charge in [-0.1, -0.05) is 0 Å². The SMILES string of the molecule is Cc1cc(/C=N/NC(=O)c2ccc([N+](=O)[O-])cc2)cc(C)c1O. The summed E-state index contributed by atoms with van der Waals surface area (Å²) in [6.45, 7) is 3.55. The van der Waals surface area contributed by atoms with E-state index in [-0.39, 0.29) is 17.0 Å². The third kappa shape index (κ3) is 3.91. The van der Waals surface area contributed by atoms with Crippen molar-refractivity contribution in [1.82, 2.24) is 5.43 Å². The van der Waals surface area contributed by atoms with Crippen LogP contribution in [0.4, 0.5) is 5.69 Å². The summed E-state index contributed by atoms with van der Waals surface area (Å²) < 4.78 is 0. The van der Waals surface area contributed by atoms with Crippen molar-refractivity contribution in [1.29, 1.82) is 0 Å². The first-order chi connectivity index (χ1) is 10.9. The molecule has 0 unspecified atom stereocenters. The number of phenols is 1. The summed E-state index contributed by atoms with van der Waals surface area (Å²) in [6.07, 6.45) is 1.46. The lowest BCUT2D eigenvalue weighted by Gasteiger charge is -2.04. The van der Waals surface area contributed by atoms with E-state index < -0.39 is 10.8 Å². The lowest BCUT2D eigenvalue weighted by atomic mass is 10.1. The lowest BCUT2D eigenvalue weighted by molar-refractivity contribution is -0.384. The topological polar surface area (TPSA) is 105 Å². The standard InChI is InChI=1S/C16H15N3O4/c1-10-7-12(8-11(2)15(10)20)9-17-18-16(21)13-3-5-14(6-4-13)19(22)23/h3-9,20H,1-2H3,(H,18,21)/b17-9+. The summed E-state index contributed by atoms with van der Waals surface area (Å²) >= 11 is 0. The van der Waals surface area contributed by atoms with Crippen LogP contribution in [0.1, 0.15) is 27.0 Å². The van der Waals surface area contributed by atoms with E-state index in [1.54, 1.807) is 26.0 Å². The zero-order valence-corrected chi connectivity index (χ0v) is 12.6. The smallest absolute Gasteiger partial charge is 0.271 e. The largest absolute Gasteiger partial charge is 0.507 e. The molecule has 1 amide bonds. The van der Waals surface area contributed by atoms with Crippen LogP contribution in [0, 0.1) is 24.0 Å². The van der Waals surface area contributed by atoms with E-state index in [4.69, 9.17) is 0 Å². The van der Waals surface area contributed by atoms with Gasteiger partial charge in [-0.15, -0.1) is 0 Å². The highest BCUT2D eigenvalue weighted by molar-refractivity contribution is 5.95. The summed E-state index contributed by atoms with van der Waals surface area (Å²) in [5.41, 5.74) is 4.70. The van der Waals surface area contributed by atoms with E-state index in [1.165, 1.54) is 30.5 Å². The number of phenolic OH excluding ortho intramolecular Hbond substituents is 1. The van der Waals surface area contributed by atoms with Gasteiger partial charge in [-0.05, 0) is 54.8 Å². The summed E-state index contributed by atoms with van der Waals surface area (Å²) in [7, 11) is 0. The minimum atomic E-state index is -0.532. The zero-order valence-electron chi connectivity index (χ0n) is 12.6. The number of hydrogen-bond acceptors (Lipinski definition) is 5. The van der Waals surface area contributed by atoms with Crippen LogP contribution >= 0.6 is 0 Å². The number of benzene rings is 2. The highest BCUT2D eigenvalue weighted by Crippen LogP contribution is 2.22. The Morgan fingerprint density at radius 1 is 1.22 bits per heavy atom. The van der Waals surface area contributed by atoms with Crippen LogP contribution in [0.25, 0.3) is 0 Å². The number of nitrogens with one attached hydrogen (secondary N) is 1. The Kier molecular flexibility index (Phi) is 4.70. The van der Waals surface area contributed by atoms with E-state index in [9.17, 15) is 20.0 Å². The van der Waals surface area contributed by atoms with Gasteiger partial charge in [-0.25, -0.2) is 5.43 Å². The van der Waals surface area contributed by atoms with Gasteiger partial charge in [0.15, 0.2) is 0 Å². The lowest BCUT2D eigenvalue weighted by Crippen LogP contribution is -2.17. The molecule has 7 heteroatoms. The molecule has 0 aromatic heterocycles. The maximum atomic E-state index is 11.9. The van der Waals surface area contributed by atoms with Crippen LogP contribution in [0.5, 0.6) is 5.75 Å².